The number of nitrogens with one attached hydrogen (secondary N) is 1. The van der Waals surface area contributed by atoms with E-state index >= 15 is 0 Å². The van der Waals surface area contributed by atoms with E-state index in [2.05, 4.69) is 5.32 Å². The largest absolute Gasteiger partial charge is 0.326 e. The van der Waals surface area contributed by atoms with E-state index in [0.717, 1.165) is 6.42 Å². The van der Waals surface area contributed by atoms with Crippen LogP contribution in [0.25, 0.3) is 0 Å². The van der Waals surface area contributed by atoms with E-state index in [1.54, 1.807) is 48.5 Å². The molecule has 1 aliphatic heterocycles. The molecule has 3 amide bonds. The Morgan fingerprint density at radius 2 is 1.46 bits per heavy atom. The van der Waals surface area contributed by atoms with Crippen molar-refractivity contribution in [2.24, 2.45) is 0 Å². The molecule has 2 aromatic rings. The second-order valence-corrected chi connectivity index (χ2v) is 6.80. The van der Waals surface area contributed by atoms with Gasteiger partial charge in [-0.05, 0) is 56.2 Å². The molecule has 0 aromatic heterocycles. The molecular formula is C22H22N2O4. The Labute approximate surface area is 163 Å². The van der Waals surface area contributed by atoms with Crippen molar-refractivity contribution in [3.05, 3.63) is 65.2 Å². The van der Waals surface area contributed by atoms with Gasteiger partial charge in [0.1, 0.15) is 0 Å². The van der Waals surface area contributed by atoms with Gasteiger partial charge >= 0.3 is 0 Å². The summed E-state index contributed by atoms with van der Waals surface area (Å²) >= 11 is 0. The summed E-state index contributed by atoms with van der Waals surface area (Å²) in [7, 11) is 0. The summed E-state index contributed by atoms with van der Waals surface area (Å²) in [6, 6.07) is 13.6. The predicted octanol–water partition coefficient (Wildman–Crippen LogP) is 3.68. The molecular weight excluding hydrogens is 356 g/mol. The Hall–Kier alpha value is -3.28. The van der Waals surface area contributed by atoms with Crippen LogP contribution in [0.1, 0.15) is 63.7 Å². The van der Waals surface area contributed by atoms with Gasteiger partial charge in [-0.25, -0.2) is 0 Å². The van der Waals surface area contributed by atoms with Crippen molar-refractivity contribution in [3.8, 4) is 0 Å². The number of unbranched alkanes of at least 4 members (excludes halogenated alkanes) is 2. The molecule has 144 valence electrons. The summed E-state index contributed by atoms with van der Waals surface area (Å²) in [6.45, 7) is 1.86. The van der Waals surface area contributed by atoms with Crippen molar-refractivity contribution < 1.29 is 19.2 Å². The van der Waals surface area contributed by atoms with Gasteiger partial charge in [-0.3, -0.25) is 24.1 Å². The van der Waals surface area contributed by atoms with E-state index in [9.17, 15) is 19.2 Å². The van der Waals surface area contributed by atoms with E-state index < -0.39 is 0 Å². The molecule has 3 rings (SSSR count). The summed E-state index contributed by atoms with van der Waals surface area (Å²) < 4.78 is 0. The van der Waals surface area contributed by atoms with Gasteiger partial charge in [0.05, 0.1) is 11.1 Å². The number of carbonyl (C=O) groups excluding carboxylic acids is 4. The third-order valence-electron chi connectivity index (χ3n) is 4.74. The van der Waals surface area contributed by atoms with Gasteiger partial charge < -0.3 is 5.32 Å². The van der Waals surface area contributed by atoms with Crippen LogP contribution < -0.4 is 5.32 Å². The lowest BCUT2D eigenvalue weighted by molar-refractivity contribution is -0.116. The number of Topliss-reactive ketones (excluding diaryl/α,β-unsaturated/α-hetero) is 1. The lowest BCUT2D eigenvalue weighted by Crippen LogP contribution is -2.30. The van der Waals surface area contributed by atoms with Gasteiger partial charge in [-0.15, -0.1) is 0 Å². The fourth-order valence-corrected chi connectivity index (χ4v) is 3.19. The number of fused-ring (bicyclic) bond motifs is 1. The standard InChI is InChI=1S/C22H22N2O4/c1-15(25)16-10-12-17(13-11-16)23-20(26)9-3-2-6-14-24-21(27)18-7-4-5-8-19(18)22(24)28/h4-5,7-8,10-13H,2-3,6,9,14H2,1H3,(H,23,26). The Balaban J connectivity index is 1.38. The summed E-state index contributed by atoms with van der Waals surface area (Å²) in [5.74, 6) is -0.605. The molecule has 6 heteroatoms. The van der Waals surface area contributed by atoms with Crippen LogP contribution in [-0.4, -0.2) is 34.9 Å². The van der Waals surface area contributed by atoms with E-state index in [1.807, 2.05) is 0 Å². The molecule has 0 aliphatic carbocycles. The van der Waals surface area contributed by atoms with Crippen LogP contribution in [-0.2, 0) is 4.79 Å². The lowest BCUT2D eigenvalue weighted by atomic mass is 10.1. The van der Waals surface area contributed by atoms with Crippen LogP contribution in [0.5, 0.6) is 0 Å². The van der Waals surface area contributed by atoms with Gasteiger partial charge in [0.15, 0.2) is 5.78 Å². The number of hydrogen-bond acceptors (Lipinski definition) is 4. The van der Waals surface area contributed by atoms with Gasteiger partial charge in [0.2, 0.25) is 5.91 Å². The maximum atomic E-state index is 12.3. The molecule has 0 radical (unpaired) electrons. The molecule has 0 atom stereocenters. The highest BCUT2D eigenvalue weighted by atomic mass is 16.2. The molecule has 1 heterocycles. The highest BCUT2D eigenvalue weighted by Gasteiger charge is 2.34. The molecule has 2 aromatic carbocycles. The van der Waals surface area contributed by atoms with Crippen LogP contribution in [0.3, 0.4) is 0 Å². The molecule has 0 unspecified atom stereocenters. The number of benzene rings is 2. The average molecular weight is 378 g/mol. The molecule has 0 saturated heterocycles. The number of nitrogens with zero attached hydrogens (tertiary/aromatic N) is 1. The minimum atomic E-state index is -0.243. The zero-order valence-corrected chi connectivity index (χ0v) is 15.7. The maximum absolute atomic E-state index is 12.3. The monoisotopic (exact) mass is 378 g/mol. The molecule has 0 fully saturated rings. The van der Waals surface area contributed by atoms with Crippen molar-refractivity contribution in [1.29, 1.82) is 0 Å². The van der Waals surface area contributed by atoms with E-state index in [4.69, 9.17) is 0 Å². The summed E-state index contributed by atoms with van der Waals surface area (Å²) in [4.78, 5) is 49.1. The van der Waals surface area contributed by atoms with Crippen LogP contribution >= 0.6 is 0 Å². The Bertz CT molecular complexity index is 883. The molecule has 0 bridgehead atoms. The SMILES string of the molecule is CC(=O)c1ccc(NC(=O)CCCCCN2C(=O)c3ccccc3C2=O)cc1. The molecule has 0 saturated carbocycles. The number of hydrogen-bond donors (Lipinski definition) is 1. The first-order valence-corrected chi connectivity index (χ1v) is 9.33. The van der Waals surface area contributed by atoms with Gasteiger partial charge in [0.25, 0.3) is 11.8 Å². The van der Waals surface area contributed by atoms with E-state index in [1.165, 1.54) is 11.8 Å². The Kier molecular flexibility index (Phi) is 5.99. The second-order valence-electron chi connectivity index (χ2n) is 6.80. The fourth-order valence-electron chi connectivity index (χ4n) is 3.19. The number of rotatable bonds is 8. The lowest BCUT2D eigenvalue weighted by Gasteiger charge is -2.13. The van der Waals surface area contributed by atoms with Gasteiger partial charge in [-0.1, -0.05) is 18.6 Å². The first-order valence-electron chi connectivity index (χ1n) is 9.33. The molecule has 1 aliphatic rings. The van der Waals surface area contributed by atoms with E-state index in [-0.39, 0.29) is 23.5 Å². The third-order valence-corrected chi connectivity index (χ3v) is 4.74. The number of anilines is 1. The van der Waals surface area contributed by atoms with Crippen molar-refractivity contribution in [2.45, 2.75) is 32.6 Å². The molecule has 28 heavy (non-hydrogen) atoms. The summed E-state index contributed by atoms with van der Waals surface area (Å²) in [6.07, 6.45) is 2.42. The minimum absolute atomic E-state index is 0.0176. The third kappa shape index (κ3) is 4.34. The highest BCUT2D eigenvalue weighted by Crippen LogP contribution is 2.22. The summed E-state index contributed by atoms with van der Waals surface area (Å²) in [5.41, 5.74) is 2.18. The van der Waals surface area contributed by atoms with Crippen LogP contribution in [0, 0.1) is 0 Å². The van der Waals surface area contributed by atoms with Crippen molar-refractivity contribution in [2.75, 3.05) is 11.9 Å². The highest BCUT2D eigenvalue weighted by molar-refractivity contribution is 6.21. The number of ketones is 1. The van der Waals surface area contributed by atoms with Crippen molar-refractivity contribution in [1.82, 2.24) is 4.90 Å². The second kappa shape index (κ2) is 8.61. The fraction of sp³-hybridized carbons (Fsp3) is 0.273. The Morgan fingerprint density at radius 3 is 2.04 bits per heavy atom. The van der Waals surface area contributed by atoms with Gasteiger partial charge in [0, 0.05) is 24.2 Å². The molecule has 0 spiro atoms. The summed E-state index contributed by atoms with van der Waals surface area (Å²) in [5, 5.41) is 2.80. The first kappa shape index (κ1) is 19.5. The van der Waals surface area contributed by atoms with Crippen molar-refractivity contribution >= 4 is 29.2 Å². The average Bonchev–Trinajstić information content (AvgIpc) is 2.93. The number of amides is 3. The first-order chi connectivity index (χ1) is 13.5. The Morgan fingerprint density at radius 1 is 0.857 bits per heavy atom. The van der Waals surface area contributed by atoms with Crippen LogP contribution in [0.2, 0.25) is 0 Å². The normalized spacial score (nSPS) is 12.8. The zero-order chi connectivity index (χ0) is 20.1. The van der Waals surface area contributed by atoms with Gasteiger partial charge in [-0.2, -0.15) is 0 Å². The van der Waals surface area contributed by atoms with E-state index in [0.29, 0.717) is 48.2 Å². The van der Waals surface area contributed by atoms with Crippen LogP contribution in [0.4, 0.5) is 5.69 Å². The van der Waals surface area contributed by atoms with Crippen molar-refractivity contribution in [3.63, 3.8) is 0 Å². The van der Waals surface area contributed by atoms with Crippen LogP contribution in [0.15, 0.2) is 48.5 Å². The number of imide groups is 1. The number of carbonyl (C=O) groups is 4. The maximum Gasteiger partial charge on any atom is 0.261 e. The zero-order valence-electron chi connectivity index (χ0n) is 15.7. The molecule has 1 N–H and O–H groups in total. The molecule has 6 nitrogen and oxygen atoms in total. The topological polar surface area (TPSA) is 83.6 Å². The minimum Gasteiger partial charge on any atom is -0.326 e. The predicted molar refractivity (Wildman–Crippen MR) is 105 cm³/mol. The smallest absolute Gasteiger partial charge is 0.261 e. The quantitative estimate of drug-likeness (QED) is 0.431.